The van der Waals surface area contributed by atoms with Crippen LogP contribution in [0.1, 0.15) is 94.0 Å². The van der Waals surface area contributed by atoms with Crippen molar-refractivity contribution < 1.29 is 9.53 Å². The van der Waals surface area contributed by atoms with Gasteiger partial charge in [0, 0.05) is 17.3 Å². The zero-order valence-electron chi connectivity index (χ0n) is 21.0. The van der Waals surface area contributed by atoms with Crippen LogP contribution in [0.25, 0.3) is 10.8 Å². The molecule has 0 saturated heterocycles. The van der Waals surface area contributed by atoms with E-state index >= 15 is 0 Å². The number of carbonyl (C=O) groups is 1. The summed E-state index contributed by atoms with van der Waals surface area (Å²) in [6.45, 7) is 5.20. The summed E-state index contributed by atoms with van der Waals surface area (Å²) in [4.78, 5) is 12.8. The van der Waals surface area contributed by atoms with Crippen molar-refractivity contribution in [1.29, 1.82) is 0 Å². The Morgan fingerprint density at radius 3 is 2.29 bits per heavy atom. The summed E-state index contributed by atoms with van der Waals surface area (Å²) in [5, 5.41) is 5.11. The van der Waals surface area contributed by atoms with Crippen molar-refractivity contribution in [2.75, 3.05) is 11.9 Å². The number of anilines is 1. The number of nitrogens with one attached hydrogen (secondary N) is 1. The molecular weight excluding hydrogens is 418 g/mol. The highest BCUT2D eigenvalue weighted by atomic mass is 16.5. The van der Waals surface area contributed by atoms with E-state index in [1.165, 1.54) is 50.5 Å². The summed E-state index contributed by atoms with van der Waals surface area (Å²) in [6.07, 6.45) is 13.7. The second kappa shape index (κ2) is 14.5. The van der Waals surface area contributed by atoms with Crippen LogP contribution in [0.15, 0.2) is 54.6 Å². The average molecular weight is 459 g/mol. The Kier molecular flexibility index (Phi) is 11.0. The maximum absolute atomic E-state index is 12.8. The Labute approximate surface area is 205 Å². The molecule has 3 nitrogen and oxygen atoms in total. The molecule has 3 aromatic carbocycles. The van der Waals surface area contributed by atoms with Gasteiger partial charge in [0.25, 0.3) is 5.91 Å². The van der Waals surface area contributed by atoms with Gasteiger partial charge < -0.3 is 10.1 Å². The van der Waals surface area contributed by atoms with E-state index in [2.05, 4.69) is 37.4 Å². The Bertz CT molecular complexity index is 1030. The molecule has 0 bridgehead atoms. The molecule has 0 aliphatic carbocycles. The van der Waals surface area contributed by atoms with Crippen molar-refractivity contribution in [2.45, 2.75) is 84.5 Å². The Morgan fingerprint density at radius 2 is 1.50 bits per heavy atom. The van der Waals surface area contributed by atoms with Crippen LogP contribution in [0, 0.1) is 6.07 Å². The highest BCUT2D eigenvalue weighted by Crippen LogP contribution is 2.23. The van der Waals surface area contributed by atoms with Crippen LogP contribution in [0.5, 0.6) is 5.75 Å². The molecule has 1 amide bonds. The molecule has 0 fully saturated rings. The van der Waals surface area contributed by atoms with Gasteiger partial charge in [0.2, 0.25) is 0 Å². The number of rotatable bonds is 15. The van der Waals surface area contributed by atoms with E-state index in [1.54, 1.807) is 0 Å². The number of benzene rings is 3. The monoisotopic (exact) mass is 458 g/mol. The normalized spacial score (nSPS) is 11.0. The summed E-state index contributed by atoms with van der Waals surface area (Å²) < 4.78 is 5.97. The Morgan fingerprint density at radius 1 is 0.794 bits per heavy atom. The number of unbranched alkanes of at least 4 members (excludes halogenated alkanes) is 8. The fourth-order valence-corrected chi connectivity index (χ4v) is 4.20. The largest absolute Gasteiger partial charge is 0.494 e. The lowest BCUT2D eigenvalue weighted by Crippen LogP contribution is -2.12. The standard InChI is InChI=1S/C31H40NO2/c1-3-5-7-8-9-10-11-12-21-34-30-20-19-26-23-28(18-17-27(26)24-30)31(33)32-29-16-13-15-25(22-29)14-6-4-2/h13,15,17-20,22-24H,3-12,14,21H2,1-2H3,(H,32,33). The van der Waals surface area contributed by atoms with Gasteiger partial charge >= 0.3 is 0 Å². The van der Waals surface area contributed by atoms with Crippen molar-refractivity contribution in [1.82, 2.24) is 0 Å². The average Bonchev–Trinajstić information content (AvgIpc) is 2.86. The van der Waals surface area contributed by atoms with Gasteiger partial charge in [-0.1, -0.05) is 89.5 Å². The van der Waals surface area contributed by atoms with Gasteiger partial charge in [0.1, 0.15) is 5.75 Å². The summed E-state index contributed by atoms with van der Waals surface area (Å²) in [7, 11) is 0. The molecule has 0 saturated carbocycles. The predicted octanol–water partition coefficient (Wildman–Crippen LogP) is 8.75. The summed E-state index contributed by atoms with van der Waals surface area (Å²) in [5.74, 6) is 0.784. The minimum absolute atomic E-state index is 0.110. The maximum Gasteiger partial charge on any atom is 0.255 e. The number of hydrogen-bond acceptors (Lipinski definition) is 2. The summed E-state index contributed by atoms with van der Waals surface area (Å²) in [6, 6.07) is 21.0. The van der Waals surface area contributed by atoms with Crippen LogP contribution in [-0.4, -0.2) is 12.5 Å². The van der Waals surface area contributed by atoms with Gasteiger partial charge in [0.05, 0.1) is 6.61 Å². The lowest BCUT2D eigenvalue weighted by Gasteiger charge is -2.10. The van der Waals surface area contributed by atoms with Gasteiger partial charge in [-0.25, -0.2) is 0 Å². The fourth-order valence-electron chi connectivity index (χ4n) is 4.20. The minimum atomic E-state index is -0.110. The van der Waals surface area contributed by atoms with Crippen LogP contribution in [-0.2, 0) is 6.42 Å². The topological polar surface area (TPSA) is 38.3 Å². The molecule has 0 spiro atoms. The van der Waals surface area contributed by atoms with Crippen molar-refractivity contribution >= 4 is 22.4 Å². The fraction of sp³-hybridized carbons (Fsp3) is 0.452. The molecule has 0 atom stereocenters. The Hall–Kier alpha value is -2.81. The molecule has 0 heterocycles. The molecule has 3 rings (SSSR count). The lowest BCUT2D eigenvalue weighted by molar-refractivity contribution is 0.102. The molecule has 0 aliphatic heterocycles. The molecule has 1 N–H and O–H groups in total. The number of fused-ring (bicyclic) bond motifs is 1. The first-order valence-electron chi connectivity index (χ1n) is 13.2. The molecule has 0 unspecified atom stereocenters. The van der Waals surface area contributed by atoms with Gasteiger partial charge in [-0.2, -0.15) is 0 Å². The molecule has 1 radical (unpaired) electrons. The molecular formula is C31H40NO2. The van der Waals surface area contributed by atoms with Crippen LogP contribution in [0.4, 0.5) is 5.69 Å². The number of ether oxygens (including phenoxy) is 1. The van der Waals surface area contributed by atoms with Crippen molar-refractivity contribution in [3.05, 3.63) is 71.8 Å². The lowest BCUT2D eigenvalue weighted by atomic mass is 10.1. The summed E-state index contributed by atoms with van der Waals surface area (Å²) >= 11 is 0. The zero-order chi connectivity index (χ0) is 24.0. The first kappa shape index (κ1) is 25.8. The van der Waals surface area contributed by atoms with Gasteiger partial charge in [-0.3, -0.25) is 4.79 Å². The smallest absolute Gasteiger partial charge is 0.255 e. The van der Waals surface area contributed by atoms with Crippen LogP contribution < -0.4 is 10.1 Å². The van der Waals surface area contributed by atoms with Crippen molar-refractivity contribution in [3.8, 4) is 5.75 Å². The second-order valence-corrected chi connectivity index (χ2v) is 9.22. The number of amides is 1. The molecule has 3 aromatic rings. The third kappa shape index (κ3) is 8.52. The zero-order valence-corrected chi connectivity index (χ0v) is 21.0. The molecule has 181 valence electrons. The molecule has 0 aliphatic rings. The SMILES string of the molecule is CCCCCCCCCCOc1ccc2cc(C(=O)Nc3[c]ccc(CCCC)c3)ccc2c1. The van der Waals surface area contributed by atoms with Crippen molar-refractivity contribution in [2.24, 2.45) is 0 Å². The van der Waals surface area contributed by atoms with Gasteiger partial charge in [-0.15, -0.1) is 0 Å². The van der Waals surface area contributed by atoms with Gasteiger partial charge in [0.15, 0.2) is 0 Å². The number of aryl methyl sites for hydroxylation is 1. The third-order valence-electron chi connectivity index (χ3n) is 6.27. The third-order valence-corrected chi connectivity index (χ3v) is 6.27. The maximum atomic E-state index is 12.8. The number of carbonyl (C=O) groups excluding carboxylic acids is 1. The highest BCUT2D eigenvalue weighted by molar-refractivity contribution is 6.06. The summed E-state index contributed by atoms with van der Waals surface area (Å²) in [5.41, 5.74) is 2.60. The van der Waals surface area contributed by atoms with Crippen LogP contribution in [0.3, 0.4) is 0 Å². The van der Waals surface area contributed by atoms with Crippen LogP contribution in [0.2, 0.25) is 0 Å². The second-order valence-electron chi connectivity index (χ2n) is 9.22. The molecule has 34 heavy (non-hydrogen) atoms. The van der Waals surface area contributed by atoms with E-state index in [9.17, 15) is 4.79 Å². The van der Waals surface area contributed by atoms with E-state index in [0.29, 0.717) is 5.56 Å². The van der Waals surface area contributed by atoms with E-state index in [0.717, 1.165) is 54.5 Å². The first-order chi connectivity index (χ1) is 16.7. The van der Waals surface area contributed by atoms with Crippen molar-refractivity contribution in [3.63, 3.8) is 0 Å². The molecule has 3 heteroatoms. The molecule has 0 aromatic heterocycles. The van der Waals surface area contributed by atoms with E-state index in [-0.39, 0.29) is 5.91 Å². The number of hydrogen-bond donors (Lipinski definition) is 1. The quantitative estimate of drug-likeness (QED) is 0.231. The highest BCUT2D eigenvalue weighted by Gasteiger charge is 2.08. The van der Waals surface area contributed by atoms with Crippen LogP contribution >= 0.6 is 0 Å². The van der Waals surface area contributed by atoms with Gasteiger partial charge in [-0.05, 0) is 65.9 Å². The van der Waals surface area contributed by atoms with E-state index < -0.39 is 0 Å². The Balaban J connectivity index is 1.48. The first-order valence-corrected chi connectivity index (χ1v) is 13.2. The predicted molar refractivity (Wildman–Crippen MR) is 144 cm³/mol. The van der Waals surface area contributed by atoms with E-state index in [4.69, 9.17) is 4.74 Å². The van der Waals surface area contributed by atoms with E-state index in [1.807, 2.05) is 42.5 Å². The minimum Gasteiger partial charge on any atom is -0.494 e.